The fourth-order valence-corrected chi connectivity index (χ4v) is 3.12. The molecule has 0 aliphatic heterocycles. The van der Waals surface area contributed by atoms with Crippen molar-refractivity contribution in [3.8, 4) is 0 Å². The largest absolute Gasteiger partial charge is 0.456 e. The van der Waals surface area contributed by atoms with E-state index in [-0.39, 0.29) is 11.3 Å². The summed E-state index contributed by atoms with van der Waals surface area (Å²) in [6, 6.07) is 15.7. The Morgan fingerprint density at radius 3 is 2.37 bits per heavy atom. The molecule has 1 aromatic heterocycles. The number of rotatable bonds is 2. The van der Waals surface area contributed by atoms with E-state index in [2.05, 4.69) is 5.32 Å². The minimum absolute atomic E-state index is 0.149. The van der Waals surface area contributed by atoms with Gasteiger partial charge in [0.1, 0.15) is 11.2 Å². The number of aryl methyl sites for hydroxylation is 2. The van der Waals surface area contributed by atoms with Gasteiger partial charge in [-0.1, -0.05) is 29.3 Å². The van der Waals surface area contributed by atoms with Crippen molar-refractivity contribution >= 4 is 45.1 Å². The van der Waals surface area contributed by atoms with E-state index in [1.54, 1.807) is 42.5 Å². The summed E-state index contributed by atoms with van der Waals surface area (Å²) in [5.41, 5.74) is 3.76. The molecule has 0 unspecified atom stereocenters. The summed E-state index contributed by atoms with van der Waals surface area (Å²) in [6.07, 6.45) is 0. The lowest BCUT2D eigenvalue weighted by Crippen LogP contribution is -2.12. The number of halogens is 1. The maximum absolute atomic E-state index is 12.7. The summed E-state index contributed by atoms with van der Waals surface area (Å²) in [6.45, 7) is 3.82. The highest BCUT2D eigenvalue weighted by atomic mass is 35.5. The van der Waals surface area contributed by atoms with Gasteiger partial charge in [-0.05, 0) is 55.8 Å². The summed E-state index contributed by atoms with van der Waals surface area (Å²) in [4.78, 5) is 25.1. The van der Waals surface area contributed by atoms with E-state index in [0.29, 0.717) is 38.2 Å². The number of carbonyl (C=O) groups excluding carboxylic acids is 1. The topological polar surface area (TPSA) is 59.3 Å². The van der Waals surface area contributed by atoms with Crippen LogP contribution in [0.5, 0.6) is 0 Å². The molecule has 5 heteroatoms. The first-order chi connectivity index (χ1) is 12.9. The van der Waals surface area contributed by atoms with Gasteiger partial charge >= 0.3 is 0 Å². The molecule has 0 spiro atoms. The zero-order chi connectivity index (χ0) is 19.1. The van der Waals surface area contributed by atoms with E-state index in [1.165, 1.54) is 0 Å². The highest BCUT2D eigenvalue weighted by Gasteiger charge is 2.12. The zero-order valence-corrected chi connectivity index (χ0v) is 15.6. The highest BCUT2D eigenvalue weighted by Crippen LogP contribution is 2.26. The van der Waals surface area contributed by atoms with Crippen LogP contribution in [0.25, 0.3) is 21.9 Å². The second-order valence-corrected chi connectivity index (χ2v) is 6.97. The molecule has 134 valence electrons. The van der Waals surface area contributed by atoms with Crippen LogP contribution in [0.3, 0.4) is 0 Å². The van der Waals surface area contributed by atoms with Crippen molar-refractivity contribution in [1.82, 2.24) is 0 Å². The fourth-order valence-electron chi connectivity index (χ4n) is 2.96. The quantitative estimate of drug-likeness (QED) is 0.471. The predicted molar refractivity (Wildman–Crippen MR) is 109 cm³/mol. The molecule has 0 radical (unpaired) electrons. The van der Waals surface area contributed by atoms with E-state index in [0.717, 1.165) is 11.1 Å². The van der Waals surface area contributed by atoms with Crippen molar-refractivity contribution in [2.75, 3.05) is 5.32 Å². The smallest absolute Gasteiger partial charge is 0.255 e. The molecule has 4 rings (SSSR count). The summed E-state index contributed by atoms with van der Waals surface area (Å²) in [5, 5.41) is 4.24. The Morgan fingerprint density at radius 2 is 1.63 bits per heavy atom. The number of carbonyl (C=O) groups is 1. The highest BCUT2D eigenvalue weighted by molar-refractivity contribution is 6.32. The van der Waals surface area contributed by atoms with Crippen LogP contribution in [0.2, 0.25) is 5.02 Å². The molecule has 1 amide bonds. The fraction of sp³-hybridized carbons (Fsp3) is 0.0909. The SMILES string of the molecule is Cc1ccc(C(=O)Nc2ccc3c(=O)c4cc(Cl)c(C)cc4oc3c2)cc1. The summed E-state index contributed by atoms with van der Waals surface area (Å²) in [7, 11) is 0. The average molecular weight is 378 g/mol. The van der Waals surface area contributed by atoms with Gasteiger partial charge in [0, 0.05) is 22.3 Å². The van der Waals surface area contributed by atoms with Crippen LogP contribution in [0.15, 0.2) is 63.8 Å². The van der Waals surface area contributed by atoms with Crippen molar-refractivity contribution in [2.45, 2.75) is 13.8 Å². The third kappa shape index (κ3) is 3.20. The van der Waals surface area contributed by atoms with Crippen molar-refractivity contribution in [1.29, 1.82) is 0 Å². The first kappa shape index (κ1) is 17.3. The molecule has 0 fully saturated rings. The van der Waals surface area contributed by atoms with Crippen LogP contribution < -0.4 is 10.7 Å². The molecule has 0 saturated heterocycles. The molecule has 4 nitrogen and oxygen atoms in total. The van der Waals surface area contributed by atoms with Crippen LogP contribution >= 0.6 is 11.6 Å². The van der Waals surface area contributed by atoms with Gasteiger partial charge in [-0.3, -0.25) is 9.59 Å². The van der Waals surface area contributed by atoms with Gasteiger partial charge in [-0.15, -0.1) is 0 Å². The molecular weight excluding hydrogens is 362 g/mol. The molecule has 1 N–H and O–H groups in total. The second-order valence-electron chi connectivity index (χ2n) is 6.56. The molecule has 0 aliphatic carbocycles. The number of anilines is 1. The lowest BCUT2D eigenvalue weighted by Gasteiger charge is -2.08. The zero-order valence-electron chi connectivity index (χ0n) is 14.8. The number of nitrogens with one attached hydrogen (secondary N) is 1. The van der Waals surface area contributed by atoms with Gasteiger partial charge in [0.15, 0.2) is 0 Å². The first-order valence-electron chi connectivity index (χ1n) is 8.47. The van der Waals surface area contributed by atoms with E-state index >= 15 is 0 Å². The van der Waals surface area contributed by atoms with Crippen molar-refractivity contribution in [3.63, 3.8) is 0 Å². The van der Waals surface area contributed by atoms with Gasteiger partial charge in [0.25, 0.3) is 5.91 Å². The Kier molecular flexibility index (Phi) is 4.21. The van der Waals surface area contributed by atoms with Gasteiger partial charge in [0.2, 0.25) is 5.43 Å². The van der Waals surface area contributed by atoms with Crippen molar-refractivity contribution < 1.29 is 9.21 Å². The van der Waals surface area contributed by atoms with Crippen molar-refractivity contribution in [2.24, 2.45) is 0 Å². The summed E-state index contributed by atoms with van der Waals surface area (Å²) in [5.74, 6) is -0.222. The minimum Gasteiger partial charge on any atom is -0.456 e. The van der Waals surface area contributed by atoms with Crippen LogP contribution in [0, 0.1) is 13.8 Å². The molecule has 4 aromatic rings. The van der Waals surface area contributed by atoms with Gasteiger partial charge < -0.3 is 9.73 Å². The number of fused-ring (bicyclic) bond motifs is 2. The Hall–Kier alpha value is -3.11. The van der Waals surface area contributed by atoms with E-state index < -0.39 is 0 Å². The molecule has 0 bridgehead atoms. The molecule has 27 heavy (non-hydrogen) atoms. The van der Waals surface area contributed by atoms with E-state index in [1.807, 2.05) is 26.0 Å². The van der Waals surface area contributed by atoms with Gasteiger partial charge in [0.05, 0.1) is 10.8 Å². The molecular formula is C22H16ClNO3. The molecule has 0 atom stereocenters. The lowest BCUT2D eigenvalue weighted by atomic mass is 10.1. The monoisotopic (exact) mass is 377 g/mol. The lowest BCUT2D eigenvalue weighted by molar-refractivity contribution is 0.102. The third-order valence-corrected chi connectivity index (χ3v) is 4.93. The molecule has 0 aliphatic rings. The Labute approximate surface area is 160 Å². The number of hydrogen-bond acceptors (Lipinski definition) is 3. The maximum atomic E-state index is 12.7. The Balaban J connectivity index is 1.76. The van der Waals surface area contributed by atoms with Gasteiger partial charge in [-0.25, -0.2) is 0 Å². The Bertz CT molecular complexity index is 1260. The summed E-state index contributed by atoms with van der Waals surface area (Å²) < 4.78 is 5.90. The number of hydrogen-bond donors (Lipinski definition) is 1. The average Bonchev–Trinajstić information content (AvgIpc) is 2.64. The molecule has 0 saturated carbocycles. The van der Waals surface area contributed by atoms with Crippen molar-refractivity contribution in [3.05, 3.63) is 86.5 Å². The molecule has 1 heterocycles. The summed E-state index contributed by atoms with van der Waals surface area (Å²) >= 11 is 6.13. The first-order valence-corrected chi connectivity index (χ1v) is 8.85. The van der Waals surface area contributed by atoms with Gasteiger partial charge in [-0.2, -0.15) is 0 Å². The standard InChI is InChI=1S/C22H16ClNO3/c1-12-3-5-14(6-4-12)22(26)24-15-7-8-16-20(10-15)27-19-9-13(2)18(23)11-17(19)21(16)25/h3-11H,1-2H3,(H,24,26). The Morgan fingerprint density at radius 1 is 0.926 bits per heavy atom. The third-order valence-electron chi connectivity index (χ3n) is 4.52. The number of benzene rings is 3. The van der Waals surface area contributed by atoms with E-state index in [4.69, 9.17) is 16.0 Å². The minimum atomic E-state index is -0.222. The van der Waals surface area contributed by atoms with E-state index in [9.17, 15) is 9.59 Å². The van der Waals surface area contributed by atoms with Crippen LogP contribution in [0.4, 0.5) is 5.69 Å². The predicted octanol–water partition coefficient (Wildman–Crippen LogP) is 5.47. The number of amides is 1. The maximum Gasteiger partial charge on any atom is 0.255 e. The van der Waals surface area contributed by atoms with Crippen LogP contribution in [0.1, 0.15) is 21.5 Å². The molecule has 3 aromatic carbocycles. The second kappa shape index (κ2) is 6.56. The van der Waals surface area contributed by atoms with Crippen LogP contribution in [-0.2, 0) is 0 Å². The normalized spacial score (nSPS) is 11.1. The van der Waals surface area contributed by atoms with Crippen LogP contribution in [-0.4, -0.2) is 5.91 Å².